The molecule has 0 saturated heterocycles. The van der Waals surface area contributed by atoms with Crippen LogP contribution in [0.15, 0.2) is 66.7 Å². The number of benzene rings is 3. The summed E-state index contributed by atoms with van der Waals surface area (Å²) in [5.41, 5.74) is 4.21. The Bertz CT molecular complexity index is 1030. The molecule has 0 spiro atoms. The van der Waals surface area contributed by atoms with Crippen LogP contribution in [0.2, 0.25) is 5.02 Å². The quantitative estimate of drug-likeness (QED) is 0.344. The predicted octanol–water partition coefficient (Wildman–Crippen LogP) is 8.01. The molecule has 3 aromatic carbocycles. The molecule has 0 unspecified atom stereocenters. The van der Waals surface area contributed by atoms with Crippen molar-refractivity contribution in [1.29, 1.82) is 0 Å². The molecular formula is C28H30ClFO2. The largest absolute Gasteiger partial charge is 0.490 e. The summed E-state index contributed by atoms with van der Waals surface area (Å²) in [6.45, 7) is 2.71. The first kappa shape index (κ1) is 22.8. The molecule has 1 saturated carbocycles. The van der Waals surface area contributed by atoms with E-state index in [2.05, 4.69) is 19.1 Å². The monoisotopic (exact) mass is 452 g/mol. The Hall–Kier alpha value is -2.36. The molecule has 4 rings (SSSR count). The maximum Gasteiger partial charge on any atom is 0.123 e. The van der Waals surface area contributed by atoms with Gasteiger partial charge >= 0.3 is 0 Å². The highest BCUT2D eigenvalue weighted by molar-refractivity contribution is 6.31. The number of aryl methyl sites for hydroxylation is 1. The van der Waals surface area contributed by atoms with Gasteiger partial charge in [-0.15, -0.1) is 0 Å². The summed E-state index contributed by atoms with van der Waals surface area (Å²) in [7, 11) is 0. The smallest absolute Gasteiger partial charge is 0.123 e. The zero-order valence-corrected chi connectivity index (χ0v) is 19.3. The summed E-state index contributed by atoms with van der Waals surface area (Å²) in [5.74, 6) is 0.635. The van der Waals surface area contributed by atoms with E-state index in [9.17, 15) is 4.39 Å². The van der Waals surface area contributed by atoms with E-state index in [1.54, 1.807) is 12.1 Å². The molecule has 0 aliphatic heterocycles. The van der Waals surface area contributed by atoms with E-state index in [0.29, 0.717) is 6.61 Å². The van der Waals surface area contributed by atoms with Crippen LogP contribution in [0.25, 0.3) is 11.1 Å². The van der Waals surface area contributed by atoms with E-state index >= 15 is 0 Å². The minimum Gasteiger partial charge on any atom is -0.490 e. The van der Waals surface area contributed by atoms with Gasteiger partial charge in [-0.2, -0.15) is 0 Å². The lowest BCUT2D eigenvalue weighted by Crippen LogP contribution is -2.28. The van der Waals surface area contributed by atoms with Crippen LogP contribution in [0.3, 0.4) is 0 Å². The molecule has 2 nitrogen and oxygen atoms in total. The minimum absolute atomic E-state index is 0.174. The fourth-order valence-electron chi connectivity index (χ4n) is 4.37. The van der Waals surface area contributed by atoms with Crippen LogP contribution in [0.1, 0.15) is 50.2 Å². The van der Waals surface area contributed by atoms with Crippen molar-refractivity contribution in [3.8, 4) is 16.9 Å². The highest BCUT2D eigenvalue weighted by Crippen LogP contribution is 2.32. The Balaban J connectivity index is 1.36. The van der Waals surface area contributed by atoms with Crippen molar-refractivity contribution in [2.75, 3.05) is 0 Å². The van der Waals surface area contributed by atoms with Gasteiger partial charge in [-0.05, 0) is 84.7 Å². The van der Waals surface area contributed by atoms with Crippen molar-refractivity contribution in [2.45, 2.75) is 64.3 Å². The van der Waals surface area contributed by atoms with E-state index in [4.69, 9.17) is 21.1 Å². The van der Waals surface area contributed by atoms with Gasteiger partial charge in [0.1, 0.15) is 11.6 Å². The van der Waals surface area contributed by atoms with Gasteiger partial charge in [0.2, 0.25) is 0 Å². The van der Waals surface area contributed by atoms with Crippen LogP contribution in [-0.2, 0) is 17.8 Å². The second-order valence-corrected chi connectivity index (χ2v) is 8.91. The first-order chi connectivity index (χ1) is 15.6. The Morgan fingerprint density at radius 1 is 0.875 bits per heavy atom. The SMILES string of the molecule is CCCc1ccc(OC2CCC(OCc3ccccc3Cl)CC2)cc1-c1cccc(F)c1. The number of ether oxygens (including phenoxy) is 2. The molecule has 32 heavy (non-hydrogen) atoms. The van der Waals surface area contributed by atoms with Gasteiger partial charge in [0.15, 0.2) is 0 Å². The summed E-state index contributed by atoms with van der Waals surface area (Å²) in [6, 6.07) is 20.9. The Morgan fingerprint density at radius 2 is 1.66 bits per heavy atom. The average Bonchev–Trinajstić information content (AvgIpc) is 2.81. The summed E-state index contributed by atoms with van der Waals surface area (Å²) in [6.07, 6.45) is 6.27. The van der Waals surface area contributed by atoms with Crippen molar-refractivity contribution >= 4 is 11.6 Å². The van der Waals surface area contributed by atoms with Gasteiger partial charge in [0.05, 0.1) is 18.8 Å². The molecule has 0 heterocycles. The number of hydrogen-bond donors (Lipinski definition) is 0. The third-order valence-corrected chi connectivity index (χ3v) is 6.46. The zero-order chi connectivity index (χ0) is 22.3. The lowest BCUT2D eigenvalue weighted by atomic mass is 9.94. The molecule has 0 radical (unpaired) electrons. The minimum atomic E-state index is -0.216. The van der Waals surface area contributed by atoms with Crippen LogP contribution in [0.5, 0.6) is 5.75 Å². The van der Waals surface area contributed by atoms with Crippen LogP contribution in [0, 0.1) is 5.82 Å². The molecule has 0 atom stereocenters. The molecule has 0 amide bonds. The van der Waals surface area contributed by atoms with Crippen molar-refractivity contribution < 1.29 is 13.9 Å². The second kappa shape index (κ2) is 11.0. The molecule has 0 N–H and O–H groups in total. The van der Waals surface area contributed by atoms with Gasteiger partial charge in [-0.1, -0.05) is 61.3 Å². The fraction of sp³-hybridized carbons (Fsp3) is 0.357. The summed E-state index contributed by atoms with van der Waals surface area (Å²) in [5, 5.41) is 0.755. The molecule has 0 bridgehead atoms. The highest BCUT2D eigenvalue weighted by Gasteiger charge is 2.23. The molecule has 1 fully saturated rings. The summed E-state index contributed by atoms with van der Waals surface area (Å²) in [4.78, 5) is 0. The highest BCUT2D eigenvalue weighted by atomic mass is 35.5. The number of halogens is 2. The summed E-state index contributed by atoms with van der Waals surface area (Å²) < 4.78 is 26.3. The van der Waals surface area contributed by atoms with Crippen molar-refractivity contribution in [1.82, 2.24) is 0 Å². The molecule has 0 aromatic heterocycles. The Kier molecular flexibility index (Phi) is 7.83. The average molecular weight is 453 g/mol. The van der Waals surface area contributed by atoms with Crippen LogP contribution in [0.4, 0.5) is 4.39 Å². The first-order valence-electron chi connectivity index (χ1n) is 11.5. The van der Waals surface area contributed by atoms with Crippen LogP contribution >= 0.6 is 11.6 Å². The van der Waals surface area contributed by atoms with Crippen LogP contribution in [-0.4, -0.2) is 12.2 Å². The van der Waals surface area contributed by atoms with Gasteiger partial charge in [0, 0.05) is 5.02 Å². The maximum atomic E-state index is 13.8. The molecular weight excluding hydrogens is 423 g/mol. The van der Waals surface area contributed by atoms with E-state index in [1.807, 2.05) is 36.4 Å². The van der Waals surface area contributed by atoms with E-state index in [-0.39, 0.29) is 18.0 Å². The normalized spacial score (nSPS) is 18.5. The Labute approximate surface area is 195 Å². The maximum absolute atomic E-state index is 13.8. The van der Waals surface area contributed by atoms with Crippen molar-refractivity contribution in [2.24, 2.45) is 0 Å². The molecule has 4 heteroatoms. The van der Waals surface area contributed by atoms with E-state index in [1.165, 1.54) is 11.6 Å². The third kappa shape index (κ3) is 5.90. The molecule has 1 aliphatic carbocycles. The fourth-order valence-corrected chi connectivity index (χ4v) is 4.56. The second-order valence-electron chi connectivity index (χ2n) is 8.50. The number of rotatable bonds is 8. The van der Waals surface area contributed by atoms with Gasteiger partial charge in [-0.3, -0.25) is 0 Å². The molecule has 3 aromatic rings. The Morgan fingerprint density at radius 3 is 2.41 bits per heavy atom. The van der Waals surface area contributed by atoms with Crippen LogP contribution < -0.4 is 4.74 Å². The van der Waals surface area contributed by atoms with E-state index in [0.717, 1.165) is 66.0 Å². The topological polar surface area (TPSA) is 18.5 Å². The van der Waals surface area contributed by atoms with Crippen molar-refractivity contribution in [3.05, 3.63) is 88.7 Å². The van der Waals surface area contributed by atoms with Gasteiger partial charge < -0.3 is 9.47 Å². The van der Waals surface area contributed by atoms with Gasteiger partial charge in [-0.25, -0.2) is 4.39 Å². The zero-order valence-electron chi connectivity index (χ0n) is 18.5. The standard InChI is InChI=1S/C28H30ClFO2/c1-2-6-20-11-12-26(18-27(20)21-8-5-9-23(30)17-21)32-25-15-13-24(14-16-25)31-19-22-7-3-4-10-28(22)29/h3-5,7-12,17-18,24-25H,2,6,13-16,19H2,1H3. The van der Waals surface area contributed by atoms with Crippen molar-refractivity contribution in [3.63, 3.8) is 0 Å². The van der Waals surface area contributed by atoms with E-state index < -0.39 is 0 Å². The lowest BCUT2D eigenvalue weighted by molar-refractivity contribution is -0.00658. The molecule has 1 aliphatic rings. The number of hydrogen-bond acceptors (Lipinski definition) is 2. The molecule has 168 valence electrons. The summed E-state index contributed by atoms with van der Waals surface area (Å²) >= 11 is 6.23. The first-order valence-corrected chi connectivity index (χ1v) is 11.9. The van der Waals surface area contributed by atoms with Gasteiger partial charge in [0.25, 0.3) is 0 Å². The predicted molar refractivity (Wildman–Crippen MR) is 129 cm³/mol. The third-order valence-electron chi connectivity index (χ3n) is 6.09. The lowest BCUT2D eigenvalue weighted by Gasteiger charge is -2.29.